The maximum atomic E-state index is 11.3. The zero-order valence-electron chi connectivity index (χ0n) is 12.4. The normalized spacial score (nSPS) is 16.4. The molecule has 1 saturated heterocycles. The van der Waals surface area contributed by atoms with Crippen LogP contribution < -0.4 is 5.32 Å². The van der Waals surface area contributed by atoms with Crippen molar-refractivity contribution in [2.45, 2.75) is 39.0 Å². The second-order valence-electron chi connectivity index (χ2n) is 5.41. The van der Waals surface area contributed by atoms with E-state index in [9.17, 15) is 4.79 Å². The molecule has 0 atom stereocenters. The standard InChI is InChI=1S/C16H24N2O2/c1-13(19)18-8-6-16(7-9-18)17-11-14-4-3-5-15(10-14)12-20-2/h3-5,10,16-17H,6-9,11-12H2,1-2H3. The van der Waals surface area contributed by atoms with Gasteiger partial charge in [0.05, 0.1) is 6.61 Å². The van der Waals surface area contributed by atoms with E-state index in [0.717, 1.165) is 32.5 Å². The van der Waals surface area contributed by atoms with Crippen LogP contribution in [0.2, 0.25) is 0 Å². The minimum Gasteiger partial charge on any atom is -0.380 e. The summed E-state index contributed by atoms with van der Waals surface area (Å²) in [6.45, 7) is 4.93. The third-order valence-electron chi connectivity index (χ3n) is 3.84. The van der Waals surface area contributed by atoms with E-state index in [4.69, 9.17) is 4.74 Å². The monoisotopic (exact) mass is 276 g/mol. The van der Waals surface area contributed by atoms with Crippen molar-refractivity contribution >= 4 is 5.91 Å². The first-order chi connectivity index (χ1) is 9.69. The van der Waals surface area contributed by atoms with Crippen molar-refractivity contribution in [1.82, 2.24) is 10.2 Å². The fraction of sp³-hybridized carbons (Fsp3) is 0.562. The Labute approximate surface area is 121 Å². The van der Waals surface area contributed by atoms with Gasteiger partial charge in [0, 0.05) is 39.7 Å². The zero-order valence-corrected chi connectivity index (χ0v) is 12.4. The molecule has 1 heterocycles. The molecule has 110 valence electrons. The molecule has 0 aliphatic carbocycles. The second kappa shape index (κ2) is 7.41. The fourth-order valence-corrected chi connectivity index (χ4v) is 2.66. The van der Waals surface area contributed by atoms with E-state index in [1.54, 1.807) is 14.0 Å². The van der Waals surface area contributed by atoms with E-state index < -0.39 is 0 Å². The van der Waals surface area contributed by atoms with Gasteiger partial charge >= 0.3 is 0 Å². The maximum Gasteiger partial charge on any atom is 0.219 e. The summed E-state index contributed by atoms with van der Waals surface area (Å²) in [5.41, 5.74) is 2.49. The lowest BCUT2D eigenvalue weighted by atomic mass is 10.0. The molecule has 1 aliphatic heterocycles. The number of carbonyl (C=O) groups is 1. The van der Waals surface area contributed by atoms with Crippen molar-refractivity contribution < 1.29 is 9.53 Å². The van der Waals surface area contributed by atoms with Crippen LogP contribution in [-0.2, 0) is 22.7 Å². The lowest BCUT2D eigenvalue weighted by Crippen LogP contribution is -2.43. The number of methoxy groups -OCH3 is 1. The van der Waals surface area contributed by atoms with E-state index in [0.29, 0.717) is 12.6 Å². The lowest BCUT2D eigenvalue weighted by Gasteiger charge is -2.31. The lowest BCUT2D eigenvalue weighted by molar-refractivity contribution is -0.129. The van der Waals surface area contributed by atoms with Gasteiger partial charge in [-0.05, 0) is 24.0 Å². The Morgan fingerprint density at radius 2 is 2.05 bits per heavy atom. The summed E-state index contributed by atoms with van der Waals surface area (Å²) in [6.07, 6.45) is 2.08. The quantitative estimate of drug-likeness (QED) is 0.893. The van der Waals surface area contributed by atoms with Crippen LogP contribution >= 0.6 is 0 Å². The third kappa shape index (κ3) is 4.32. The van der Waals surface area contributed by atoms with Crippen molar-refractivity contribution in [3.05, 3.63) is 35.4 Å². The van der Waals surface area contributed by atoms with Crippen molar-refractivity contribution in [2.75, 3.05) is 20.2 Å². The van der Waals surface area contributed by atoms with Crippen molar-refractivity contribution in [3.8, 4) is 0 Å². The molecular weight excluding hydrogens is 252 g/mol. The molecule has 1 aliphatic rings. The molecule has 20 heavy (non-hydrogen) atoms. The number of ether oxygens (including phenoxy) is 1. The summed E-state index contributed by atoms with van der Waals surface area (Å²) in [5.74, 6) is 0.190. The van der Waals surface area contributed by atoms with Gasteiger partial charge in [-0.25, -0.2) is 0 Å². The van der Waals surface area contributed by atoms with Crippen LogP contribution in [-0.4, -0.2) is 37.0 Å². The molecule has 2 rings (SSSR count). The molecule has 1 N–H and O–H groups in total. The highest BCUT2D eigenvalue weighted by molar-refractivity contribution is 5.73. The average molecular weight is 276 g/mol. The number of likely N-dealkylation sites (tertiary alicyclic amines) is 1. The molecule has 4 nitrogen and oxygen atoms in total. The van der Waals surface area contributed by atoms with Crippen LogP contribution in [0.3, 0.4) is 0 Å². The Balaban J connectivity index is 1.78. The molecule has 4 heteroatoms. The van der Waals surface area contributed by atoms with Gasteiger partial charge in [0.1, 0.15) is 0 Å². The molecule has 0 unspecified atom stereocenters. The van der Waals surface area contributed by atoms with Crippen LogP contribution in [0.4, 0.5) is 0 Å². The number of nitrogens with zero attached hydrogens (tertiary/aromatic N) is 1. The smallest absolute Gasteiger partial charge is 0.219 e. The predicted molar refractivity (Wildman–Crippen MR) is 79.3 cm³/mol. The number of piperidine rings is 1. The van der Waals surface area contributed by atoms with Crippen molar-refractivity contribution in [2.24, 2.45) is 0 Å². The number of hydrogen-bond acceptors (Lipinski definition) is 3. The van der Waals surface area contributed by atoms with Crippen molar-refractivity contribution in [1.29, 1.82) is 0 Å². The van der Waals surface area contributed by atoms with Crippen LogP contribution in [0.25, 0.3) is 0 Å². The molecule has 1 amide bonds. The minimum absolute atomic E-state index is 0.190. The molecule has 0 saturated carbocycles. The second-order valence-corrected chi connectivity index (χ2v) is 5.41. The summed E-state index contributed by atoms with van der Waals surface area (Å²) < 4.78 is 5.15. The van der Waals surface area contributed by atoms with E-state index in [1.165, 1.54) is 11.1 Å². The Hall–Kier alpha value is -1.39. The van der Waals surface area contributed by atoms with Crippen molar-refractivity contribution in [3.63, 3.8) is 0 Å². The van der Waals surface area contributed by atoms with Crippen LogP contribution in [0.15, 0.2) is 24.3 Å². The highest BCUT2D eigenvalue weighted by atomic mass is 16.5. The first kappa shape index (κ1) is 15.0. The van der Waals surface area contributed by atoms with Crippen LogP contribution in [0.1, 0.15) is 30.9 Å². The first-order valence-corrected chi connectivity index (χ1v) is 7.24. The topological polar surface area (TPSA) is 41.6 Å². The fourth-order valence-electron chi connectivity index (χ4n) is 2.66. The summed E-state index contributed by atoms with van der Waals surface area (Å²) in [5, 5.41) is 3.59. The third-order valence-corrected chi connectivity index (χ3v) is 3.84. The SMILES string of the molecule is COCc1cccc(CNC2CCN(C(C)=O)CC2)c1. The minimum atomic E-state index is 0.190. The molecule has 0 radical (unpaired) electrons. The van der Waals surface area contributed by atoms with E-state index in [-0.39, 0.29) is 5.91 Å². The van der Waals surface area contributed by atoms with Crippen LogP contribution in [0, 0.1) is 0 Å². The number of amides is 1. The Bertz CT molecular complexity index is 440. The zero-order chi connectivity index (χ0) is 14.4. The number of hydrogen-bond donors (Lipinski definition) is 1. The van der Waals surface area contributed by atoms with Gasteiger partial charge in [-0.3, -0.25) is 4.79 Å². The largest absolute Gasteiger partial charge is 0.380 e. The van der Waals surface area contributed by atoms with Crippen LogP contribution in [0.5, 0.6) is 0 Å². The predicted octanol–water partition coefficient (Wildman–Crippen LogP) is 1.93. The molecule has 1 aromatic carbocycles. The molecular formula is C16H24N2O2. The Morgan fingerprint density at radius 1 is 1.35 bits per heavy atom. The molecule has 0 bridgehead atoms. The highest BCUT2D eigenvalue weighted by Gasteiger charge is 2.19. The number of carbonyl (C=O) groups excluding carboxylic acids is 1. The van der Waals surface area contributed by atoms with Gasteiger partial charge in [-0.1, -0.05) is 24.3 Å². The molecule has 0 aromatic heterocycles. The van der Waals surface area contributed by atoms with Gasteiger partial charge < -0.3 is 15.0 Å². The summed E-state index contributed by atoms with van der Waals surface area (Å²) in [4.78, 5) is 13.2. The molecule has 1 aromatic rings. The average Bonchev–Trinajstić information content (AvgIpc) is 2.46. The number of rotatable bonds is 5. The first-order valence-electron chi connectivity index (χ1n) is 7.24. The number of nitrogens with one attached hydrogen (secondary N) is 1. The summed E-state index contributed by atoms with van der Waals surface area (Å²) in [6, 6.07) is 8.98. The van der Waals surface area contributed by atoms with Gasteiger partial charge in [0.15, 0.2) is 0 Å². The Kier molecular flexibility index (Phi) is 5.56. The molecule has 0 spiro atoms. The van der Waals surface area contributed by atoms with Gasteiger partial charge in [0.25, 0.3) is 0 Å². The highest BCUT2D eigenvalue weighted by Crippen LogP contribution is 2.12. The van der Waals surface area contributed by atoms with Gasteiger partial charge in [-0.2, -0.15) is 0 Å². The van der Waals surface area contributed by atoms with Gasteiger partial charge in [-0.15, -0.1) is 0 Å². The van der Waals surface area contributed by atoms with Gasteiger partial charge in [0.2, 0.25) is 5.91 Å². The summed E-state index contributed by atoms with van der Waals surface area (Å²) >= 11 is 0. The Morgan fingerprint density at radius 3 is 2.70 bits per heavy atom. The van der Waals surface area contributed by atoms with E-state index in [1.807, 2.05) is 4.90 Å². The van der Waals surface area contributed by atoms with E-state index in [2.05, 4.69) is 29.6 Å². The molecule has 1 fully saturated rings. The summed E-state index contributed by atoms with van der Waals surface area (Å²) in [7, 11) is 1.72. The van der Waals surface area contributed by atoms with E-state index >= 15 is 0 Å². The number of benzene rings is 1. The maximum absolute atomic E-state index is 11.3.